The van der Waals surface area contributed by atoms with Crippen molar-refractivity contribution in [1.82, 2.24) is 0 Å². The van der Waals surface area contributed by atoms with Gasteiger partial charge in [-0.15, -0.1) is 0 Å². The maximum Gasteiger partial charge on any atom is 0.265 e. The Balaban J connectivity index is 1.76. The Hall–Kier alpha value is -2.40. The van der Waals surface area contributed by atoms with Crippen LogP contribution in [0.25, 0.3) is 0 Å². The minimum atomic E-state index is -0.578. The van der Waals surface area contributed by atoms with E-state index in [1.54, 1.807) is 32.4 Å². The molecule has 126 valence electrons. The van der Waals surface area contributed by atoms with E-state index in [1.807, 2.05) is 19.1 Å². The van der Waals surface area contributed by atoms with Crippen LogP contribution in [-0.2, 0) is 11.2 Å². The lowest BCUT2D eigenvalue weighted by Crippen LogP contribution is -2.31. The van der Waals surface area contributed by atoms with Crippen molar-refractivity contribution >= 4 is 23.2 Å². The van der Waals surface area contributed by atoms with Gasteiger partial charge in [0.25, 0.3) is 5.91 Å². The molecule has 0 spiro atoms. The van der Waals surface area contributed by atoms with Crippen LogP contribution in [0.15, 0.2) is 30.3 Å². The van der Waals surface area contributed by atoms with Crippen molar-refractivity contribution in [3.63, 3.8) is 0 Å². The molecule has 1 N–H and O–H groups in total. The summed E-state index contributed by atoms with van der Waals surface area (Å²) in [5.41, 5.74) is 2.47. The molecule has 5 nitrogen and oxygen atoms in total. The standard InChI is InChI=1S/C18H18ClNO4/c1-10-6-15(22-2)16(23-3)9-13(10)20-18(21)17-8-11-7-12(19)4-5-14(11)24-17/h4-7,9,17H,8H2,1-3H3,(H,20,21). The molecule has 0 aromatic heterocycles. The molecule has 0 saturated heterocycles. The Morgan fingerprint density at radius 3 is 2.62 bits per heavy atom. The van der Waals surface area contributed by atoms with Crippen molar-refractivity contribution < 1.29 is 19.0 Å². The second-order valence-corrected chi connectivity index (χ2v) is 6.01. The quantitative estimate of drug-likeness (QED) is 0.918. The van der Waals surface area contributed by atoms with Gasteiger partial charge in [-0.3, -0.25) is 4.79 Å². The summed E-state index contributed by atoms with van der Waals surface area (Å²) in [7, 11) is 3.13. The third-order valence-corrected chi connectivity index (χ3v) is 4.21. The average Bonchev–Trinajstić information content (AvgIpc) is 2.99. The molecule has 0 fully saturated rings. The van der Waals surface area contributed by atoms with Gasteiger partial charge in [0.15, 0.2) is 17.6 Å². The van der Waals surface area contributed by atoms with Crippen LogP contribution in [-0.4, -0.2) is 26.2 Å². The fraction of sp³-hybridized carbons (Fsp3) is 0.278. The number of carbonyl (C=O) groups excluding carboxylic acids is 1. The first-order valence-electron chi connectivity index (χ1n) is 7.50. The number of carbonyl (C=O) groups is 1. The van der Waals surface area contributed by atoms with E-state index >= 15 is 0 Å². The lowest BCUT2D eigenvalue weighted by Gasteiger charge is -2.15. The normalized spacial score (nSPS) is 15.4. The van der Waals surface area contributed by atoms with Gasteiger partial charge < -0.3 is 19.5 Å². The number of nitrogens with one attached hydrogen (secondary N) is 1. The van der Waals surface area contributed by atoms with E-state index in [0.29, 0.717) is 34.4 Å². The van der Waals surface area contributed by atoms with Crippen molar-refractivity contribution in [3.8, 4) is 17.2 Å². The fourth-order valence-corrected chi connectivity index (χ4v) is 2.89. The second kappa shape index (κ2) is 6.61. The van der Waals surface area contributed by atoms with Gasteiger partial charge >= 0.3 is 0 Å². The van der Waals surface area contributed by atoms with E-state index in [0.717, 1.165) is 11.1 Å². The SMILES string of the molecule is COc1cc(C)c(NC(=O)C2Cc3cc(Cl)ccc3O2)cc1OC. The molecule has 0 bridgehead atoms. The number of benzene rings is 2. The highest BCUT2D eigenvalue weighted by molar-refractivity contribution is 6.30. The van der Waals surface area contributed by atoms with Gasteiger partial charge in [0.2, 0.25) is 0 Å². The van der Waals surface area contributed by atoms with Crippen LogP contribution in [0.4, 0.5) is 5.69 Å². The molecule has 2 aromatic rings. The first-order chi connectivity index (χ1) is 11.5. The number of rotatable bonds is 4. The zero-order valence-electron chi connectivity index (χ0n) is 13.7. The Morgan fingerprint density at radius 2 is 1.92 bits per heavy atom. The van der Waals surface area contributed by atoms with Gasteiger partial charge in [-0.2, -0.15) is 0 Å². The van der Waals surface area contributed by atoms with Crippen molar-refractivity contribution in [2.24, 2.45) is 0 Å². The highest BCUT2D eigenvalue weighted by atomic mass is 35.5. The summed E-state index contributed by atoms with van der Waals surface area (Å²) >= 11 is 5.98. The van der Waals surface area contributed by atoms with Gasteiger partial charge in [-0.1, -0.05) is 11.6 Å². The Kier molecular flexibility index (Phi) is 4.53. The highest BCUT2D eigenvalue weighted by Gasteiger charge is 2.29. The number of fused-ring (bicyclic) bond motifs is 1. The third kappa shape index (κ3) is 3.12. The van der Waals surface area contributed by atoms with Gasteiger partial charge in [0.1, 0.15) is 5.75 Å². The Morgan fingerprint density at radius 1 is 1.21 bits per heavy atom. The third-order valence-electron chi connectivity index (χ3n) is 3.98. The van der Waals surface area contributed by atoms with Crippen molar-refractivity contribution in [2.45, 2.75) is 19.4 Å². The summed E-state index contributed by atoms with van der Waals surface area (Å²) in [6.45, 7) is 1.89. The van der Waals surface area contributed by atoms with Crippen molar-refractivity contribution in [3.05, 3.63) is 46.5 Å². The molecule has 0 saturated carbocycles. The lowest BCUT2D eigenvalue weighted by molar-refractivity contribution is -0.122. The van der Waals surface area contributed by atoms with Crippen LogP contribution >= 0.6 is 11.6 Å². The zero-order valence-corrected chi connectivity index (χ0v) is 14.4. The Labute approximate surface area is 145 Å². The van der Waals surface area contributed by atoms with Gasteiger partial charge in [-0.05, 0) is 42.3 Å². The highest BCUT2D eigenvalue weighted by Crippen LogP contribution is 2.34. The van der Waals surface area contributed by atoms with Crippen molar-refractivity contribution in [2.75, 3.05) is 19.5 Å². The topological polar surface area (TPSA) is 56.8 Å². The van der Waals surface area contributed by atoms with Gasteiger partial charge in [-0.25, -0.2) is 0 Å². The molecular weight excluding hydrogens is 330 g/mol. The molecular formula is C18H18ClNO4. The first kappa shape index (κ1) is 16.5. The van der Waals surface area contributed by atoms with Gasteiger partial charge in [0, 0.05) is 23.2 Å². The summed E-state index contributed by atoms with van der Waals surface area (Å²) in [5, 5.41) is 3.53. The molecule has 1 unspecified atom stereocenters. The number of hydrogen-bond donors (Lipinski definition) is 1. The largest absolute Gasteiger partial charge is 0.493 e. The van der Waals surface area contributed by atoms with Crippen LogP contribution in [0.3, 0.4) is 0 Å². The summed E-state index contributed by atoms with van der Waals surface area (Å²) < 4.78 is 16.2. The number of halogens is 1. The molecule has 6 heteroatoms. The molecule has 1 aliphatic heterocycles. The summed E-state index contributed by atoms with van der Waals surface area (Å²) in [6, 6.07) is 8.92. The van der Waals surface area contributed by atoms with Crippen LogP contribution < -0.4 is 19.5 Å². The number of hydrogen-bond acceptors (Lipinski definition) is 4. The average molecular weight is 348 g/mol. The summed E-state index contributed by atoms with van der Waals surface area (Å²) in [5.74, 6) is 1.66. The molecule has 1 aliphatic rings. The lowest BCUT2D eigenvalue weighted by atomic mass is 10.1. The maximum absolute atomic E-state index is 12.5. The van der Waals surface area contributed by atoms with E-state index < -0.39 is 6.10 Å². The summed E-state index contributed by atoms with van der Waals surface area (Å²) in [6.07, 6.45) is -0.0837. The molecule has 1 heterocycles. The van der Waals surface area contributed by atoms with Crippen LogP contribution in [0.1, 0.15) is 11.1 Å². The number of amides is 1. The molecule has 2 aromatic carbocycles. The molecule has 3 rings (SSSR count). The van der Waals surface area contributed by atoms with E-state index in [-0.39, 0.29) is 5.91 Å². The number of ether oxygens (including phenoxy) is 3. The van der Waals surface area contributed by atoms with E-state index in [4.69, 9.17) is 25.8 Å². The molecule has 1 atom stereocenters. The predicted octanol–water partition coefficient (Wildman–Crippen LogP) is 3.61. The fourth-order valence-electron chi connectivity index (χ4n) is 2.69. The monoisotopic (exact) mass is 347 g/mol. The summed E-state index contributed by atoms with van der Waals surface area (Å²) in [4.78, 5) is 12.5. The zero-order chi connectivity index (χ0) is 17.3. The Bertz CT molecular complexity index is 791. The van der Waals surface area contributed by atoms with E-state index in [9.17, 15) is 4.79 Å². The minimum Gasteiger partial charge on any atom is -0.493 e. The number of methoxy groups -OCH3 is 2. The number of anilines is 1. The smallest absolute Gasteiger partial charge is 0.265 e. The van der Waals surface area contributed by atoms with Crippen LogP contribution in [0.2, 0.25) is 5.02 Å². The van der Waals surface area contributed by atoms with E-state index in [1.165, 1.54) is 0 Å². The molecule has 0 aliphatic carbocycles. The van der Waals surface area contributed by atoms with Crippen LogP contribution in [0, 0.1) is 6.92 Å². The minimum absolute atomic E-state index is 0.211. The van der Waals surface area contributed by atoms with E-state index in [2.05, 4.69) is 5.32 Å². The molecule has 0 radical (unpaired) electrons. The second-order valence-electron chi connectivity index (χ2n) is 5.57. The number of aryl methyl sites for hydroxylation is 1. The van der Waals surface area contributed by atoms with Gasteiger partial charge in [0.05, 0.1) is 14.2 Å². The maximum atomic E-state index is 12.5. The van der Waals surface area contributed by atoms with Crippen LogP contribution in [0.5, 0.6) is 17.2 Å². The van der Waals surface area contributed by atoms with Crippen molar-refractivity contribution in [1.29, 1.82) is 0 Å². The predicted molar refractivity (Wildman–Crippen MR) is 92.5 cm³/mol. The first-order valence-corrected chi connectivity index (χ1v) is 7.88. The molecule has 1 amide bonds. The molecule has 24 heavy (non-hydrogen) atoms.